The Morgan fingerprint density at radius 1 is 1.29 bits per heavy atom. The van der Waals surface area contributed by atoms with Gasteiger partial charge >= 0.3 is 5.97 Å². The number of carbonyl (C=O) groups excluding carboxylic acids is 1. The molecule has 1 amide bonds. The van der Waals surface area contributed by atoms with Gasteiger partial charge in [0.05, 0.1) is 0 Å². The number of furan rings is 1. The fourth-order valence-electron chi connectivity index (χ4n) is 3.93. The molecule has 1 saturated carbocycles. The van der Waals surface area contributed by atoms with Gasteiger partial charge in [0, 0.05) is 12.3 Å². The standard InChI is InChI=1S/C16H21NO6S/c1-24(21,22)9-11-6-7-14(23-11)15(18)17-12-5-3-2-4-10(12)8-13(17)16(19)20/h6-7,10,12-13H,2-5,8-9H2,1H3,(H,19,20)/t10-,12-,13+/m1/s1. The Labute approximate surface area is 140 Å². The molecule has 0 bridgehead atoms. The number of hydrogen-bond donors (Lipinski definition) is 1. The Balaban J connectivity index is 1.85. The van der Waals surface area contributed by atoms with E-state index >= 15 is 0 Å². The van der Waals surface area contributed by atoms with Gasteiger partial charge in [-0.05, 0) is 37.3 Å². The van der Waals surface area contributed by atoms with Crippen LogP contribution in [0.4, 0.5) is 0 Å². The minimum atomic E-state index is -3.26. The highest BCUT2D eigenvalue weighted by molar-refractivity contribution is 7.89. The van der Waals surface area contributed by atoms with Gasteiger partial charge in [0.25, 0.3) is 5.91 Å². The number of likely N-dealkylation sites (tertiary alicyclic amines) is 1. The Bertz CT molecular complexity index is 752. The molecular formula is C16H21NO6S. The zero-order chi connectivity index (χ0) is 17.5. The van der Waals surface area contributed by atoms with Crippen molar-refractivity contribution in [3.05, 3.63) is 23.7 Å². The lowest BCUT2D eigenvalue weighted by molar-refractivity contribution is -0.141. The molecule has 2 fully saturated rings. The van der Waals surface area contributed by atoms with E-state index in [1.807, 2.05) is 0 Å². The quantitative estimate of drug-likeness (QED) is 0.881. The zero-order valence-corrected chi connectivity index (χ0v) is 14.3. The van der Waals surface area contributed by atoms with Crippen LogP contribution < -0.4 is 0 Å². The first-order valence-corrected chi connectivity index (χ1v) is 10.1. The molecule has 1 N–H and O–H groups in total. The average molecular weight is 355 g/mol. The van der Waals surface area contributed by atoms with Crippen LogP contribution >= 0.6 is 0 Å². The molecular weight excluding hydrogens is 334 g/mol. The van der Waals surface area contributed by atoms with Gasteiger partial charge in [-0.2, -0.15) is 0 Å². The number of carboxylic acid groups (broad SMARTS) is 1. The number of carboxylic acids is 1. The molecule has 1 aromatic heterocycles. The highest BCUT2D eigenvalue weighted by Gasteiger charge is 2.48. The van der Waals surface area contributed by atoms with Gasteiger partial charge < -0.3 is 14.4 Å². The number of rotatable bonds is 4. The summed E-state index contributed by atoms with van der Waals surface area (Å²) < 4.78 is 28.0. The maximum absolute atomic E-state index is 12.8. The number of hydrogen-bond acceptors (Lipinski definition) is 5. The lowest BCUT2D eigenvalue weighted by atomic mass is 9.84. The Morgan fingerprint density at radius 2 is 2.00 bits per heavy atom. The van der Waals surface area contributed by atoms with Crippen molar-refractivity contribution in [2.75, 3.05) is 6.26 Å². The summed E-state index contributed by atoms with van der Waals surface area (Å²) in [7, 11) is -3.26. The highest BCUT2D eigenvalue weighted by Crippen LogP contribution is 2.40. The van der Waals surface area contributed by atoms with Crippen molar-refractivity contribution in [3.8, 4) is 0 Å². The van der Waals surface area contributed by atoms with Crippen LogP contribution in [0.25, 0.3) is 0 Å². The third-order valence-electron chi connectivity index (χ3n) is 4.88. The van der Waals surface area contributed by atoms with Gasteiger partial charge in [-0.25, -0.2) is 13.2 Å². The molecule has 7 nitrogen and oxygen atoms in total. The van der Waals surface area contributed by atoms with Crippen LogP contribution in [0.15, 0.2) is 16.5 Å². The smallest absolute Gasteiger partial charge is 0.326 e. The average Bonchev–Trinajstić information content (AvgIpc) is 3.09. The maximum atomic E-state index is 12.8. The molecule has 1 aliphatic carbocycles. The molecule has 3 atom stereocenters. The summed E-state index contributed by atoms with van der Waals surface area (Å²) in [5.74, 6) is -1.33. The molecule has 1 saturated heterocycles. The Morgan fingerprint density at radius 3 is 2.67 bits per heavy atom. The second-order valence-corrected chi connectivity index (χ2v) is 8.89. The van der Waals surface area contributed by atoms with E-state index in [0.717, 1.165) is 31.9 Å². The van der Waals surface area contributed by atoms with Crippen molar-refractivity contribution in [2.45, 2.75) is 49.9 Å². The predicted molar refractivity (Wildman–Crippen MR) is 85.2 cm³/mol. The topological polar surface area (TPSA) is 105 Å². The SMILES string of the molecule is CS(=O)(=O)Cc1ccc(C(=O)N2[C@@H]3CCCC[C@@H]3C[C@H]2C(=O)O)o1. The van der Waals surface area contributed by atoms with E-state index in [4.69, 9.17) is 4.42 Å². The van der Waals surface area contributed by atoms with Gasteiger partial charge in [-0.1, -0.05) is 12.8 Å². The number of nitrogens with zero attached hydrogens (tertiary/aromatic N) is 1. The third-order valence-corrected chi connectivity index (χ3v) is 5.69. The molecule has 0 spiro atoms. The number of amides is 1. The van der Waals surface area contributed by atoms with E-state index in [0.29, 0.717) is 6.42 Å². The third kappa shape index (κ3) is 3.33. The van der Waals surface area contributed by atoms with Crippen molar-refractivity contribution in [1.82, 2.24) is 4.90 Å². The Hall–Kier alpha value is -1.83. The molecule has 1 aromatic rings. The molecule has 0 radical (unpaired) electrons. The largest absolute Gasteiger partial charge is 0.480 e. The minimum Gasteiger partial charge on any atom is -0.480 e. The monoisotopic (exact) mass is 355 g/mol. The molecule has 8 heteroatoms. The number of fused-ring (bicyclic) bond motifs is 1. The molecule has 2 aliphatic rings. The van der Waals surface area contributed by atoms with E-state index in [9.17, 15) is 23.1 Å². The lowest BCUT2D eigenvalue weighted by Gasteiger charge is -2.32. The maximum Gasteiger partial charge on any atom is 0.326 e. The first-order chi connectivity index (χ1) is 11.3. The predicted octanol–water partition coefficient (Wildman–Crippen LogP) is 1.68. The van der Waals surface area contributed by atoms with Gasteiger partial charge in [0.1, 0.15) is 17.6 Å². The fraction of sp³-hybridized carbons (Fsp3) is 0.625. The van der Waals surface area contributed by atoms with Crippen LogP contribution in [0.3, 0.4) is 0 Å². The zero-order valence-electron chi connectivity index (χ0n) is 13.5. The lowest BCUT2D eigenvalue weighted by Crippen LogP contribution is -2.46. The minimum absolute atomic E-state index is 0.00567. The van der Waals surface area contributed by atoms with Gasteiger partial charge in [-0.3, -0.25) is 4.79 Å². The number of carbonyl (C=O) groups is 2. The molecule has 0 aromatic carbocycles. The van der Waals surface area contributed by atoms with E-state index < -0.39 is 27.8 Å². The molecule has 132 valence electrons. The van der Waals surface area contributed by atoms with Crippen molar-refractivity contribution in [1.29, 1.82) is 0 Å². The van der Waals surface area contributed by atoms with Crippen LogP contribution in [0.1, 0.15) is 48.4 Å². The molecule has 0 unspecified atom stereocenters. The first kappa shape index (κ1) is 17.0. The van der Waals surface area contributed by atoms with E-state index in [2.05, 4.69) is 0 Å². The fourth-order valence-corrected chi connectivity index (χ4v) is 4.60. The van der Waals surface area contributed by atoms with Crippen LogP contribution in [-0.2, 0) is 20.4 Å². The summed E-state index contributed by atoms with van der Waals surface area (Å²) in [6.07, 6.45) is 5.35. The second-order valence-electron chi connectivity index (χ2n) is 6.75. The van der Waals surface area contributed by atoms with E-state index in [1.165, 1.54) is 17.0 Å². The molecule has 24 heavy (non-hydrogen) atoms. The molecule has 1 aliphatic heterocycles. The van der Waals surface area contributed by atoms with Crippen LogP contribution in [0.5, 0.6) is 0 Å². The number of aliphatic carboxylic acids is 1. The van der Waals surface area contributed by atoms with Crippen molar-refractivity contribution in [2.24, 2.45) is 5.92 Å². The van der Waals surface area contributed by atoms with E-state index in [-0.39, 0.29) is 29.2 Å². The van der Waals surface area contributed by atoms with E-state index in [1.54, 1.807) is 0 Å². The Kier molecular flexibility index (Phi) is 4.42. The summed E-state index contributed by atoms with van der Waals surface area (Å²) >= 11 is 0. The van der Waals surface area contributed by atoms with Gasteiger partial charge in [0.15, 0.2) is 15.6 Å². The van der Waals surface area contributed by atoms with Crippen LogP contribution in [0.2, 0.25) is 0 Å². The summed E-state index contributed by atoms with van der Waals surface area (Å²) in [5, 5.41) is 9.48. The highest BCUT2D eigenvalue weighted by atomic mass is 32.2. The van der Waals surface area contributed by atoms with Crippen LogP contribution in [-0.4, -0.2) is 48.6 Å². The summed E-state index contributed by atoms with van der Waals surface area (Å²) in [4.78, 5) is 25.8. The van der Waals surface area contributed by atoms with Crippen molar-refractivity contribution >= 4 is 21.7 Å². The van der Waals surface area contributed by atoms with Crippen molar-refractivity contribution in [3.63, 3.8) is 0 Å². The van der Waals surface area contributed by atoms with Gasteiger partial charge in [0.2, 0.25) is 0 Å². The summed E-state index contributed by atoms with van der Waals surface area (Å²) in [6, 6.07) is 1.97. The summed E-state index contributed by atoms with van der Waals surface area (Å²) in [5.41, 5.74) is 0. The number of sulfone groups is 1. The van der Waals surface area contributed by atoms with Crippen LogP contribution in [0, 0.1) is 5.92 Å². The normalized spacial score (nSPS) is 27.0. The molecule has 3 rings (SSSR count). The first-order valence-electron chi connectivity index (χ1n) is 8.08. The second kappa shape index (κ2) is 6.23. The van der Waals surface area contributed by atoms with Gasteiger partial charge in [-0.15, -0.1) is 0 Å². The molecule has 2 heterocycles. The van der Waals surface area contributed by atoms with Crippen molar-refractivity contribution < 1.29 is 27.5 Å². The summed E-state index contributed by atoms with van der Waals surface area (Å²) in [6.45, 7) is 0.